The fourth-order valence-electron chi connectivity index (χ4n) is 1.02. The molecule has 0 heterocycles. The van der Waals surface area contributed by atoms with Crippen LogP contribution in [0.1, 0.15) is 5.56 Å². The molecule has 0 radical (unpaired) electrons. The van der Waals surface area contributed by atoms with Crippen LogP contribution in [0.25, 0.3) is 0 Å². The van der Waals surface area contributed by atoms with E-state index >= 15 is 0 Å². The first kappa shape index (κ1) is 11.2. The quantitative estimate of drug-likeness (QED) is 0.787. The van der Waals surface area contributed by atoms with Gasteiger partial charge in [0, 0.05) is 6.54 Å². The van der Waals surface area contributed by atoms with Gasteiger partial charge in [0.25, 0.3) is 0 Å². The van der Waals surface area contributed by atoms with Crippen LogP contribution in [0.3, 0.4) is 0 Å². The molecular weight excluding hydrogens is 209 g/mol. The van der Waals surface area contributed by atoms with Crippen LogP contribution in [0, 0.1) is 5.82 Å². The lowest BCUT2D eigenvalue weighted by molar-refractivity contribution is 0.0866. The molecular formula is C9H11ClFNO2. The highest BCUT2D eigenvalue weighted by Gasteiger charge is 2.08. The van der Waals surface area contributed by atoms with Gasteiger partial charge in [-0.2, -0.15) is 5.48 Å². The zero-order chi connectivity index (χ0) is 10.6. The van der Waals surface area contributed by atoms with Crippen molar-refractivity contribution in [3.8, 4) is 5.75 Å². The number of rotatable bonds is 4. The van der Waals surface area contributed by atoms with E-state index in [2.05, 4.69) is 10.3 Å². The van der Waals surface area contributed by atoms with Gasteiger partial charge in [0.1, 0.15) is 16.6 Å². The van der Waals surface area contributed by atoms with E-state index in [-0.39, 0.29) is 5.02 Å². The molecule has 0 saturated carbocycles. The Hall–Kier alpha value is -0.840. The Labute approximate surface area is 86.7 Å². The van der Waals surface area contributed by atoms with Crippen molar-refractivity contribution in [3.05, 3.63) is 28.5 Å². The molecule has 1 rings (SSSR count). The standard InChI is InChI=1S/C9H11ClFNO2/c1-13-8-4-6(5-12-14-2)3-7(11)9(8)10/h3-4,12H,5H2,1-2H3. The Morgan fingerprint density at radius 2 is 2.14 bits per heavy atom. The first-order chi connectivity index (χ1) is 6.69. The minimum atomic E-state index is -0.501. The zero-order valence-corrected chi connectivity index (χ0v) is 8.69. The van der Waals surface area contributed by atoms with Crippen LogP contribution in [-0.4, -0.2) is 14.2 Å². The van der Waals surface area contributed by atoms with Crippen molar-refractivity contribution in [2.45, 2.75) is 6.54 Å². The number of halogens is 2. The number of hydrogen-bond donors (Lipinski definition) is 1. The summed E-state index contributed by atoms with van der Waals surface area (Å²) in [6.07, 6.45) is 0. The third kappa shape index (κ3) is 2.57. The molecule has 0 aliphatic rings. The third-order valence-electron chi connectivity index (χ3n) is 1.70. The van der Waals surface area contributed by atoms with Gasteiger partial charge in [0.05, 0.1) is 14.2 Å². The molecule has 1 aromatic carbocycles. The van der Waals surface area contributed by atoms with E-state index in [0.29, 0.717) is 17.9 Å². The molecule has 78 valence electrons. The van der Waals surface area contributed by atoms with Gasteiger partial charge in [0.15, 0.2) is 0 Å². The molecule has 0 aliphatic carbocycles. The van der Waals surface area contributed by atoms with E-state index in [1.54, 1.807) is 6.07 Å². The highest BCUT2D eigenvalue weighted by molar-refractivity contribution is 6.32. The number of benzene rings is 1. The predicted octanol–water partition coefficient (Wildman–Crippen LogP) is 2.14. The summed E-state index contributed by atoms with van der Waals surface area (Å²) in [6.45, 7) is 0.390. The summed E-state index contributed by atoms with van der Waals surface area (Å²) in [5, 5.41) is -0.00586. The molecule has 0 atom stereocenters. The normalized spacial score (nSPS) is 10.3. The second kappa shape index (κ2) is 5.14. The van der Waals surface area contributed by atoms with Crippen LogP contribution in [0.15, 0.2) is 12.1 Å². The van der Waals surface area contributed by atoms with Crippen LogP contribution in [0.5, 0.6) is 5.75 Å². The molecule has 0 saturated heterocycles. The maximum atomic E-state index is 13.2. The van der Waals surface area contributed by atoms with Gasteiger partial charge in [-0.3, -0.25) is 0 Å². The molecule has 0 bridgehead atoms. The summed E-state index contributed by atoms with van der Waals surface area (Å²) in [4.78, 5) is 4.64. The Kier molecular flexibility index (Phi) is 4.13. The maximum absolute atomic E-state index is 13.2. The van der Waals surface area contributed by atoms with E-state index in [4.69, 9.17) is 16.3 Å². The average Bonchev–Trinajstić information content (AvgIpc) is 2.19. The van der Waals surface area contributed by atoms with Gasteiger partial charge in [-0.1, -0.05) is 11.6 Å². The molecule has 0 aliphatic heterocycles. The highest BCUT2D eigenvalue weighted by atomic mass is 35.5. The third-order valence-corrected chi connectivity index (χ3v) is 2.06. The lowest BCUT2D eigenvalue weighted by Crippen LogP contribution is -2.11. The monoisotopic (exact) mass is 219 g/mol. The van der Waals surface area contributed by atoms with Crippen molar-refractivity contribution >= 4 is 11.6 Å². The lowest BCUT2D eigenvalue weighted by atomic mass is 10.2. The number of nitrogens with one attached hydrogen (secondary N) is 1. The molecule has 0 unspecified atom stereocenters. The topological polar surface area (TPSA) is 30.5 Å². The fraction of sp³-hybridized carbons (Fsp3) is 0.333. The minimum Gasteiger partial charge on any atom is -0.495 e. The summed E-state index contributed by atoms with van der Waals surface area (Å²) in [5.41, 5.74) is 3.30. The largest absolute Gasteiger partial charge is 0.495 e. The SMILES string of the molecule is CONCc1cc(F)c(Cl)c(OC)c1. The van der Waals surface area contributed by atoms with Crippen molar-refractivity contribution < 1.29 is 14.0 Å². The second-order valence-corrected chi connectivity index (χ2v) is 3.00. The van der Waals surface area contributed by atoms with Crippen molar-refractivity contribution in [1.29, 1.82) is 0 Å². The second-order valence-electron chi connectivity index (χ2n) is 2.62. The van der Waals surface area contributed by atoms with Crippen molar-refractivity contribution in [2.75, 3.05) is 14.2 Å². The number of hydrogen-bond acceptors (Lipinski definition) is 3. The summed E-state index contributed by atoms with van der Waals surface area (Å²) < 4.78 is 18.1. The van der Waals surface area contributed by atoms with E-state index in [9.17, 15) is 4.39 Å². The molecule has 1 aromatic rings. The van der Waals surface area contributed by atoms with Crippen molar-refractivity contribution in [2.24, 2.45) is 0 Å². The minimum absolute atomic E-state index is 0.00586. The molecule has 0 amide bonds. The van der Waals surface area contributed by atoms with Gasteiger partial charge in [-0.25, -0.2) is 4.39 Å². The van der Waals surface area contributed by atoms with Gasteiger partial charge < -0.3 is 9.57 Å². The predicted molar refractivity (Wildman–Crippen MR) is 51.8 cm³/mol. The number of hydroxylamine groups is 1. The number of methoxy groups -OCH3 is 1. The van der Waals surface area contributed by atoms with Gasteiger partial charge in [-0.05, 0) is 17.7 Å². The van der Waals surface area contributed by atoms with Gasteiger partial charge in [0.2, 0.25) is 0 Å². The molecule has 0 aromatic heterocycles. The summed E-state index contributed by atoms with van der Waals surface area (Å²) in [7, 11) is 2.93. The molecule has 1 N–H and O–H groups in total. The summed E-state index contributed by atoms with van der Waals surface area (Å²) in [5.74, 6) is -0.182. The Morgan fingerprint density at radius 3 is 2.71 bits per heavy atom. The van der Waals surface area contributed by atoms with E-state index in [1.165, 1.54) is 20.3 Å². The first-order valence-corrected chi connectivity index (χ1v) is 4.34. The van der Waals surface area contributed by atoms with Crippen LogP contribution >= 0.6 is 11.6 Å². The Bertz CT molecular complexity index is 320. The van der Waals surface area contributed by atoms with Crippen molar-refractivity contribution in [3.63, 3.8) is 0 Å². The van der Waals surface area contributed by atoms with E-state index < -0.39 is 5.82 Å². The highest BCUT2D eigenvalue weighted by Crippen LogP contribution is 2.28. The molecule has 3 nitrogen and oxygen atoms in total. The van der Waals surface area contributed by atoms with Gasteiger partial charge in [-0.15, -0.1) is 0 Å². The molecule has 0 spiro atoms. The zero-order valence-electron chi connectivity index (χ0n) is 7.93. The van der Waals surface area contributed by atoms with Crippen LogP contribution in [0.4, 0.5) is 4.39 Å². The van der Waals surface area contributed by atoms with Gasteiger partial charge >= 0.3 is 0 Å². The summed E-state index contributed by atoms with van der Waals surface area (Å²) in [6, 6.07) is 2.98. The molecule has 5 heteroatoms. The molecule has 14 heavy (non-hydrogen) atoms. The molecule has 0 fully saturated rings. The smallest absolute Gasteiger partial charge is 0.145 e. The van der Waals surface area contributed by atoms with E-state index in [1.807, 2.05) is 0 Å². The fourth-order valence-corrected chi connectivity index (χ4v) is 1.21. The lowest BCUT2D eigenvalue weighted by Gasteiger charge is -2.07. The number of ether oxygens (including phenoxy) is 1. The van der Waals surface area contributed by atoms with Crippen molar-refractivity contribution in [1.82, 2.24) is 5.48 Å². The summed E-state index contributed by atoms with van der Waals surface area (Å²) >= 11 is 5.65. The first-order valence-electron chi connectivity index (χ1n) is 3.96. The van der Waals surface area contributed by atoms with Crippen LogP contribution in [-0.2, 0) is 11.4 Å². The van der Waals surface area contributed by atoms with E-state index in [0.717, 1.165) is 0 Å². The Balaban J connectivity index is 2.91. The van der Waals surface area contributed by atoms with Crippen LogP contribution < -0.4 is 10.2 Å². The average molecular weight is 220 g/mol. The van der Waals surface area contributed by atoms with Crippen LogP contribution in [0.2, 0.25) is 5.02 Å². The Morgan fingerprint density at radius 1 is 1.43 bits per heavy atom. The maximum Gasteiger partial charge on any atom is 0.145 e.